The van der Waals surface area contributed by atoms with Gasteiger partial charge in [0.2, 0.25) is 5.91 Å². The van der Waals surface area contributed by atoms with Crippen LogP contribution in [0.4, 0.5) is 0 Å². The molecule has 0 aliphatic heterocycles. The molecule has 0 bridgehead atoms. The minimum absolute atomic E-state index is 0.185. The number of imidazole rings is 1. The van der Waals surface area contributed by atoms with E-state index in [0.717, 1.165) is 73.8 Å². The number of rotatable bonds is 7. The minimum atomic E-state index is -0.833. The van der Waals surface area contributed by atoms with E-state index in [1.807, 2.05) is 36.4 Å². The zero-order chi connectivity index (χ0) is 24.4. The molecule has 2 saturated carbocycles. The summed E-state index contributed by atoms with van der Waals surface area (Å²) in [5, 5.41) is 0. The largest absolute Gasteiger partial charge is 0.493 e. The highest BCUT2D eigenvalue weighted by atomic mass is 16.5. The Kier molecular flexibility index (Phi) is 6.72. The summed E-state index contributed by atoms with van der Waals surface area (Å²) in [6, 6.07) is 14.0. The lowest BCUT2D eigenvalue weighted by Gasteiger charge is -2.48. The summed E-state index contributed by atoms with van der Waals surface area (Å²) in [6.07, 6.45) is 11.0. The van der Waals surface area contributed by atoms with Gasteiger partial charge >= 0.3 is 0 Å². The van der Waals surface area contributed by atoms with E-state index in [0.29, 0.717) is 11.5 Å². The van der Waals surface area contributed by atoms with Crippen molar-refractivity contribution in [2.24, 2.45) is 17.6 Å². The van der Waals surface area contributed by atoms with Gasteiger partial charge in [-0.3, -0.25) is 4.79 Å². The van der Waals surface area contributed by atoms with Crippen LogP contribution in [0.2, 0.25) is 0 Å². The fourth-order valence-electron chi connectivity index (χ4n) is 6.94. The van der Waals surface area contributed by atoms with Crippen molar-refractivity contribution in [3.05, 3.63) is 42.5 Å². The average Bonchev–Trinajstić information content (AvgIpc) is 3.29. The predicted molar refractivity (Wildman–Crippen MR) is 139 cm³/mol. The van der Waals surface area contributed by atoms with Crippen LogP contribution in [0.25, 0.3) is 22.4 Å². The van der Waals surface area contributed by atoms with Crippen molar-refractivity contribution in [2.45, 2.75) is 69.7 Å². The lowest BCUT2D eigenvalue weighted by molar-refractivity contribution is -0.135. The molecule has 0 saturated heterocycles. The molecule has 1 aromatic heterocycles. The van der Waals surface area contributed by atoms with E-state index < -0.39 is 5.54 Å². The van der Waals surface area contributed by atoms with Gasteiger partial charge in [0.25, 0.3) is 0 Å². The van der Waals surface area contributed by atoms with E-state index in [1.54, 1.807) is 14.2 Å². The van der Waals surface area contributed by atoms with Crippen molar-refractivity contribution >= 4 is 16.9 Å². The van der Waals surface area contributed by atoms with Crippen LogP contribution in [-0.4, -0.2) is 29.7 Å². The monoisotopic (exact) mass is 475 g/mol. The second kappa shape index (κ2) is 9.92. The van der Waals surface area contributed by atoms with Gasteiger partial charge in [-0.05, 0) is 61.8 Å². The Balaban J connectivity index is 1.86. The maximum atomic E-state index is 13.9. The van der Waals surface area contributed by atoms with Crippen LogP contribution in [-0.2, 0) is 10.3 Å². The van der Waals surface area contributed by atoms with E-state index in [4.69, 9.17) is 20.2 Å². The summed E-state index contributed by atoms with van der Waals surface area (Å²) in [4.78, 5) is 19.1. The molecule has 2 aromatic carbocycles. The van der Waals surface area contributed by atoms with Gasteiger partial charge in [-0.2, -0.15) is 0 Å². The average molecular weight is 476 g/mol. The minimum Gasteiger partial charge on any atom is -0.493 e. The normalized spacial score (nSPS) is 18.0. The molecular formula is C29H37N3O3. The third-order valence-electron chi connectivity index (χ3n) is 8.42. The van der Waals surface area contributed by atoms with E-state index in [1.165, 1.54) is 12.8 Å². The molecule has 6 heteroatoms. The highest BCUT2D eigenvalue weighted by Crippen LogP contribution is 2.51. The van der Waals surface area contributed by atoms with Gasteiger partial charge in [0.05, 0.1) is 30.8 Å². The highest BCUT2D eigenvalue weighted by Gasteiger charge is 2.53. The molecule has 35 heavy (non-hydrogen) atoms. The second-order valence-electron chi connectivity index (χ2n) is 10.2. The smallest absolute Gasteiger partial charge is 0.244 e. The maximum absolute atomic E-state index is 13.9. The first-order valence-electron chi connectivity index (χ1n) is 13.1. The van der Waals surface area contributed by atoms with Crippen molar-refractivity contribution in [2.75, 3.05) is 14.2 Å². The van der Waals surface area contributed by atoms with Crippen molar-refractivity contribution in [3.8, 4) is 22.9 Å². The third kappa shape index (κ3) is 3.87. The number of para-hydroxylation sites is 3. The molecule has 0 atom stereocenters. The Morgan fingerprint density at radius 1 is 0.886 bits per heavy atom. The fourth-order valence-corrected chi connectivity index (χ4v) is 6.94. The third-order valence-corrected chi connectivity index (χ3v) is 8.42. The molecule has 0 spiro atoms. The maximum Gasteiger partial charge on any atom is 0.244 e. The van der Waals surface area contributed by atoms with Crippen molar-refractivity contribution < 1.29 is 14.3 Å². The van der Waals surface area contributed by atoms with Crippen molar-refractivity contribution in [1.29, 1.82) is 0 Å². The number of fused-ring (bicyclic) bond motifs is 1. The molecule has 1 heterocycles. The molecule has 0 unspecified atom stereocenters. The van der Waals surface area contributed by atoms with E-state index in [2.05, 4.69) is 10.6 Å². The number of methoxy groups -OCH3 is 2. The molecule has 3 aromatic rings. The van der Waals surface area contributed by atoms with Gasteiger partial charge in [-0.1, -0.05) is 56.7 Å². The van der Waals surface area contributed by atoms with Gasteiger partial charge in [0.15, 0.2) is 11.5 Å². The first-order chi connectivity index (χ1) is 17.1. The lowest BCUT2D eigenvalue weighted by Crippen LogP contribution is -2.58. The number of carbonyl (C=O) groups is 1. The molecule has 186 valence electrons. The van der Waals surface area contributed by atoms with Crippen LogP contribution in [0.3, 0.4) is 0 Å². The number of nitrogens with zero attached hydrogens (tertiary/aromatic N) is 2. The molecule has 5 rings (SSSR count). The summed E-state index contributed by atoms with van der Waals surface area (Å²) in [5.41, 5.74) is 8.36. The van der Waals surface area contributed by atoms with E-state index >= 15 is 0 Å². The van der Waals surface area contributed by atoms with Crippen LogP contribution in [0.1, 0.15) is 64.2 Å². The molecule has 2 fully saturated rings. The number of amides is 1. The molecule has 2 aliphatic rings. The Morgan fingerprint density at radius 3 is 2.09 bits per heavy atom. The zero-order valence-corrected chi connectivity index (χ0v) is 21.0. The summed E-state index contributed by atoms with van der Waals surface area (Å²) >= 11 is 0. The SMILES string of the molecule is COc1cccc(-c2nc3ccccc3n2C(C(N)=O)(C2CCCCC2)C2CCCCC2)c1OC. The molecule has 6 nitrogen and oxygen atoms in total. The van der Waals surface area contributed by atoms with Gasteiger partial charge < -0.3 is 19.8 Å². The Hall–Kier alpha value is -3.02. The number of hydrogen-bond donors (Lipinski definition) is 1. The quantitative estimate of drug-likeness (QED) is 0.450. The number of carbonyl (C=O) groups excluding carboxylic acids is 1. The standard InChI is InChI=1S/C29H37N3O3/c1-34-25-19-11-16-22(26(25)35-2)27-31-23-17-9-10-18-24(23)32(27)29(28(30)33,20-12-5-3-6-13-20)21-14-7-4-8-15-21/h9-11,16-21H,3-8,12-15H2,1-2H3,(H2,30,33). The molecule has 1 amide bonds. The van der Waals surface area contributed by atoms with Crippen LogP contribution in [0.5, 0.6) is 11.5 Å². The number of ether oxygens (including phenoxy) is 2. The Morgan fingerprint density at radius 2 is 1.51 bits per heavy atom. The topological polar surface area (TPSA) is 79.4 Å². The van der Waals surface area contributed by atoms with Gasteiger partial charge in [0, 0.05) is 0 Å². The summed E-state index contributed by atoms with van der Waals surface area (Å²) in [5.74, 6) is 2.15. The molecular weight excluding hydrogens is 438 g/mol. The number of benzene rings is 2. The molecule has 2 N–H and O–H groups in total. The highest BCUT2D eigenvalue weighted by molar-refractivity contribution is 5.90. The Bertz CT molecular complexity index is 1170. The number of nitrogens with two attached hydrogens (primary N) is 1. The first-order valence-corrected chi connectivity index (χ1v) is 13.1. The van der Waals surface area contributed by atoms with Crippen LogP contribution in [0.15, 0.2) is 42.5 Å². The van der Waals surface area contributed by atoms with Crippen molar-refractivity contribution in [3.63, 3.8) is 0 Å². The lowest BCUT2D eigenvalue weighted by atomic mass is 9.63. The van der Waals surface area contributed by atoms with Crippen molar-refractivity contribution in [1.82, 2.24) is 9.55 Å². The van der Waals surface area contributed by atoms with Gasteiger partial charge in [0.1, 0.15) is 11.4 Å². The summed E-state index contributed by atoms with van der Waals surface area (Å²) in [6.45, 7) is 0. The first kappa shape index (κ1) is 23.7. The zero-order valence-electron chi connectivity index (χ0n) is 21.0. The van der Waals surface area contributed by atoms with E-state index in [-0.39, 0.29) is 17.7 Å². The second-order valence-corrected chi connectivity index (χ2v) is 10.2. The summed E-state index contributed by atoms with van der Waals surface area (Å²) in [7, 11) is 3.29. The molecule has 0 radical (unpaired) electrons. The van der Waals surface area contributed by atoms with Gasteiger partial charge in [-0.15, -0.1) is 0 Å². The van der Waals surface area contributed by atoms with Crippen LogP contribution in [0, 0.1) is 11.8 Å². The molecule has 2 aliphatic carbocycles. The number of aromatic nitrogens is 2. The Labute approximate surface area is 207 Å². The van der Waals surface area contributed by atoms with Gasteiger partial charge in [-0.25, -0.2) is 4.98 Å². The van der Waals surface area contributed by atoms with E-state index in [9.17, 15) is 4.79 Å². The van der Waals surface area contributed by atoms with Crippen LogP contribution >= 0.6 is 0 Å². The van der Waals surface area contributed by atoms with Crippen LogP contribution < -0.4 is 15.2 Å². The predicted octanol–water partition coefficient (Wildman–Crippen LogP) is 6.06. The fraction of sp³-hybridized carbons (Fsp3) is 0.517. The number of hydrogen-bond acceptors (Lipinski definition) is 4. The number of primary amides is 1. The summed E-state index contributed by atoms with van der Waals surface area (Å²) < 4.78 is 13.7.